The van der Waals surface area contributed by atoms with E-state index in [0.717, 1.165) is 0 Å². The first-order valence-corrected chi connectivity index (χ1v) is 5.16. The molecule has 0 fully saturated rings. The highest BCUT2D eigenvalue weighted by Crippen LogP contribution is 2.34. The van der Waals surface area contributed by atoms with Crippen LogP contribution in [0.2, 0.25) is 0 Å². The summed E-state index contributed by atoms with van der Waals surface area (Å²) in [4.78, 5) is 0. The van der Waals surface area contributed by atoms with Crippen LogP contribution in [0.25, 0.3) is 0 Å². The van der Waals surface area contributed by atoms with Gasteiger partial charge < -0.3 is 15.9 Å². The van der Waals surface area contributed by atoms with Gasteiger partial charge in [0, 0.05) is 17.7 Å². The van der Waals surface area contributed by atoms with Crippen LogP contribution in [0.3, 0.4) is 0 Å². The Morgan fingerprint density at radius 2 is 2.14 bits per heavy atom. The number of phenols is 1. The third-order valence-electron chi connectivity index (χ3n) is 2.23. The van der Waals surface area contributed by atoms with Crippen molar-refractivity contribution in [1.29, 1.82) is 0 Å². The molecule has 0 spiro atoms. The molecule has 0 radical (unpaired) electrons. The molecule has 3 nitrogen and oxygen atoms in total. The van der Waals surface area contributed by atoms with Gasteiger partial charge in [-0.25, -0.2) is 0 Å². The molecule has 4 N–H and O–H groups in total. The first-order chi connectivity index (χ1) is 6.49. The second-order valence-electron chi connectivity index (χ2n) is 3.53. The van der Waals surface area contributed by atoms with E-state index in [2.05, 4.69) is 15.9 Å². The van der Waals surface area contributed by atoms with E-state index in [-0.39, 0.29) is 12.4 Å². The van der Waals surface area contributed by atoms with Crippen LogP contribution in [0, 0.1) is 0 Å². The molecule has 1 rings (SSSR count). The van der Waals surface area contributed by atoms with Crippen LogP contribution in [0.5, 0.6) is 5.75 Å². The molecule has 1 aromatic rings. The summed E-state index contributed by atoms with van der Waals surface area (Å²) in [5.74, 6) is 0.144. The average molecular weight is 260 g/mol. The summed E-state index contributed by atoms with van der Waals surface area (Å²) in [5.41, 5.74) is 5.91. The van der Waals surface area contributed by atoms with E-state index in [4.69, 9.17) is 10.8 Å². The molecule has 0 amide bonds. The molecule has 78 valence electrons. The predicted molar refractivity (Wildman–Crippen MR) is 59.0 cm³/mol. The Kier molecular flexibility index (Phi) is 3.53. The zero-order valence-electron chi connectivity index (χ0n) is 8.00. The van der Waals surface area contributed by atoms with Gasteiger partial charge in [0.1, 0.15) is 5.75 Å². The predicted octanol–water partition coefficient (Wildman–Crippen LogP) is 1.71. The van der Waals surface area contributed by atoms with Gasteiger partial charge in [-0.3, -0.25) is 0 Å². The van der Waals surface area contributed by atoms with Crippen LogP contribution in [-0.4, -0.2) is 16.8 Å². The molecule has 0 aromatic heterocycles. The molecule has 0 saturated heterocycles. The van der Waals surface area contributed by atoms with Gasteiger partial charge in [0.25, 0.3) is 0 Å². The standard InChI is InChI=1S/C10H14BrNO2/c1-10(12,5-6-13)7-3-2-4-8(11)9(7)14/h2-4,13-14H,5-6,12H2,1H3. The molecule has 0 aliphatic carbocycles. The average Bonchev–Trinajstić information content (AvgIpc) is 2.09. The summed E-state index contributed by atoms with van der Waals surface area (Å²) in [6.45, 7) is 1.78. The number of benzene rings is 1. The van der Waals surface area contributed by atoms with Crippen molar-refractivity contribution in [3.8, 4) is 5.75 Å². The van der Waals surface area contributed by atoms with E-state index in [1.807, 2.05) is 6.07 Å². The van der Waals surface area contributed by atoms with Crippen LogP contribution < -0.4 is 5.73 Å². The van der Waals surface area contributed by atoms with Crippen LogP contribution in [-0.2, 0) is 5.54 Å². The number of aliphatic hydroxyl groups excluding tert-OH is 1. The molecule has 0 heterocycles. The summed E-state index contributed by atoms with van der Waals surface area (Å²) in [5, 5.41) is 18.6. The molecule has 0 aliphatic rings. The molecule has 0 aliphatic heterocycles. The lowest BCUT2D eigenvalue weighted by molar-refractivity contribution is 0.245. The third kappa shape index (κ3) is 2.26. The Bertz CT molecular complexity index is 326. The summed E-state index contributed by atoms with van der Waals surface area (Å²) in [6.07, 6.45) is 0.414. The van der Waals surface area contributed by atoms with Crippen LogP contribution in [0.1, 0.15) is 18.9 Å². The van der Waals surface area contributed by atoms with Gasteiger partial charge in [-0.2, -0.15) is 0 Å². The van der Waals surface area contributed by atoms with Gasteiger partial charge in [-0.15, -0.1) is 0 Å². The van der Waals surface area contributed by atoms with E-state index >= 15 is 0 Å². The number of rotatable bonds is 3. The van der Waals surface area contributed by atoms with Crippen molar-refractivity contribution in [3.63, 3.8) is 0 Å². The van der Waals surface area contributed by atoms with Crippen molar-refractivity contribution in [1.82, 2.24) is 0 Å². The Hall–Kier alpha value is -0.580. The highest BCUT2D eigenvalue weighted by atomic mass is 79.9. The second-order valence-corrected chi connectivity index (χ2v) is 4.38. The third-order valence-corrected chi connectivity index (χ3v) is 2.87. The molecule has 1 atom stereocenters. The highest BCUT2D eigenvalue weighted by Gasteiger charge is 2.24. The molecule has 0 saturated carbocycles. The normalized spacial score (nSPS) is 15.1. The van der Waals surface area contributed by atoms with E-state index in [0.29, 0.717) is 16.5 Å². The maximum atomic E-state index is 9.75. The lowest BCUT2D eigenvalue weighted by Crippen LogP contribution is -2.34. The SMILES string of the molecule is CC(N)(CCO)c1cccc(Br)c1O. The fourth-order valence-electron chi connectivity index (χ4n) is 1.34. The Labute approximate surface area is 91.7 Å². The Morgan fingerprint density at radius 3 is 2.71 bits per heavy atom. The van der Waals surface area contributed by atoms with Crippen molar-refractivity contribution in [2.45, 2.75) is 18.9 Å². The van der Waals surface area contributed by atoms with Gasteiger partial charge in [0.05, 0.1) is 4.47 Å². The Morgan fingerprint density at radius 1 is 1.50 bits per heavy atom. The number of phenolic OH excluding ortho intramolecular Hbond substituents is 1. The van der Waals surface area contributed by atoms with Crippen LogP contribution in [0.15, 0.2) is 22.7 Å². The minimum Gasteiger partial charge on any atom is -0.506 e. The summed E-state index contributed by atoms with van der Waals surface area (Å²) in [7, 11) is 0. The molecule has 1 aromatic carbocycles. The fourth-order valence-corrected chi connectivity index (χ4v) is 1.71. The topological polar surface area (TPSA) is 66.5 Å². The van der Waals surface area contributed by atoms with Crippen LogP contribution in [0.4, 0.5) is 0 Å². The number of aliphatic hydroxyl groups is 1. The summed E-state index contributed by atoms with van der Waals surface area (Å²) in [6, 6.07) is 5.31. The van der Waals surface area contributed by atoms with Gasteiger partial charge in [-0.05, 0) is 35.3 Å². The number of nitrogens with two attached hydrogens (primary N) is 1. The molecular weight excluding hydrogens is 246 g/mol. The first-order valence-electron chi connectivity index (χ1n) is 4.37. The van der Waals surface area contributed by atoms with E-state index in [1.54, 1.807) is 19.1 Å². The molecule has 0 bridgehead atoms. The maximum absolute atomic E-state index is 9.75. The van der Waals surface area contributed by atoms with Gasteiger partial charge >= 0.3 is 0 Å². The zero-order valence-corrected chi connectivity index (χ0v) is 9.58. The van der Waals surface area contributed by atoms with E-state index in [1.165, 1.54) is 0 Å². The minimum absolute atomic E-state index is 0.00104. The quantitative estimate of drug-likeness (QED) is 0.775. The Balaban J connectivity index is 3.12. The molecule has 14 heavy (non-hydrogen) atoms. The zero-order chi connectivity index (χ0) is 10.8. The molecular formula is C10H14BrNO2. The number of hydrogen-bond acceptors (Lipinski definition) is 3. The van der Waals surface area contributed by atoms with Gasteiger partial charge in [0.15, 0.2) is 0 Å². The van der Waals surface area contributed by atoms with Crippen molar-refractivity contribution in [2.24, 2.45) is 5.73 Å². The van der Waals surface area contributed by atoms with Crippen molar-refractivity contribution < 1.29 is 10.2 Å². The number of para-hydroxylation sites is 1. The fraction of sp³-hybridized carbons (Fsp3) is 0.400. The monoisotopic (exact) mass is 259 g/mol. The smallest absolute Gasteiger partial charge is 0.134 e. The maximum Gasteiger partial charge on any atom is 0.134 e. The van der Waals surface area contributed by atoms with Crippen molar-refractivity contribution >= 4 is 15.9 Å². The van der Waals surface area contributed by atoms with Gasteiger partial charge in [-0.1, -0.05) is 12.1 Å². The second kappa shape index (κ2) is 4.29. The van der Waals surface area contributed by atoms with E-state index < -0.39 is 5.54 Å². The first kappa shape index (κ1) is 11.5. The number of hydrogen-bond donors (Lipinski definition) is 3. The highest BCUT2D eigenvalue weighted by molar-refractivity contribution is 9.10. The minimum atomic E-state index is -0.706. The summed E-state index contributed by atoms with van der Waals surface area (Å²) >= 11 is 3.22. The molecule has 1 unspecified atom stereocenters. The number of aromatic hydroxyl groups is 1. The molecule has 4 heteroatoms. The lowest BCUT2D eigenvalue weighted by atomic mass is 9.89. The van der Waals surface area contributed by atoms with Crippen molar-refractivity contribution in [3.05, 3.63) is 28.2 Å². The number of halogens is 1. The lowest BCUT2D eigenvalue weighted by Gasteiger charge is -2.25. The van der Waals surface area contributed by atoms with E-state index in [9.17, 15) is 5.11 Å². The largest absolute Gasteiger partial charge is 0.506 e. The van der Waals surface area contributed by atoms with Crippen LogP contribution >= 0.6 is 15.9 Å². The van der Waals surface area contributed by atoms with Gasteiger partial charge in [0.2, 0.25) is 0 Å². The summed E-state index contributed by atoms with van der Waals surface area (Å²) < 4.78 is 0.615. The van der Waals surface area contributed by atoms with Crippen molar-refractivity contribution in [2.75, 3.05) is 6.61 Å².